The SMILES string of the molecule is C[C@H](CC(C)(C)C)C(=O)OCCN1CCN(C)CC1. The molecule has 0 aliphatic carbocycles. The second-order valence-corrected chi connectivity index (χ2v) is 6.98. The highest BCUT2D eigenvalue weighted by atomic mass is 16.5. The molecule has 1 heterocycles. The quantitative estimate of drug-likeness (QED) is 0.714. The molecule has 0 aromatic carbocycles. The molecular formula is C15H30N2O2. The van der Waals surface area contributed by atoms with E-state index in [-0.39, 0.29) is 17.3 Å². The molecule has 1 saturated heterocycles. The van der Waals surface area contributed by atoms with Crippen LogP contribution in [0.3, 0.4) is 0 Å². The zero-order valence-corrected chi connectivity index (χ0v) is 13.2. The van der Waals surface area contributed by atoms with Crippen molar-refractivity contribution in [3.05, 3.63) is 0 Å². The largest absolute Gasteiger partial charge is 0.464 e. The average Bonchev–Trinajstić information content (AvgIpc) is 2.29. The summed E-state index contributed by atoms with van der Waals surface area (Å²) in [5.74, 6) is -0.0588. The normalized spacial score (nSPS) is 20.3. The number of nitrogens with zero attached hydrogens (tertiary/aromatic N) is 2. The minimum Gasteiger partial charge on any atom is -0.464 e. The highest BCUT2D eigenvalue weighted by molar-refractivity contribution is 5.72. The van der Waals surface area contributed by atoms with Gasteiger partial charge in [-0.25, -0.2) is 0 Å². The van der Waals surface area contributed by atoms with E-state index >= 15 is 0 Å². The van der Waals surface area contributed by atoms with Gasteiger partial charge in [-0.15, -0.1) is 0 Å². The number of ether oxygens (including phenoxy) is 1. The Kier molecular flexibility index (Phi) is 6.27. The van der Waals surface area contributed by atoms with E-state index in [1.165, 1.54) is 0 Å². The third-order valence-corrected chi connectivity index (χ3v) is 3.57. The van der Waals surface area contributed by atoms with Crippen molar-refractivity contribution in [1.29, 1.82) is 0 Å². The summed E-state index contributed by atoms with van der Waals surface area (Å²) < 4.78 is 5.39. The average molecular weight is 270 g/mol. The molecule has 0 radical (unpaired) electrons. The van der Waals surface area contributed by atoms with Crippen molar-refractivity contribution in [2.45, 2.75) is 34.1 Å². The van der Waals surface area contributed by atoms with E-state index in [9.17, 15) is 4.79 Å². The van der Waals surface area contributed by atoms with Crippen LogP contribution in [0.1, 0.15) is 34.1 Å². The summed E-state index contributed by atoms with van der Waals surface area (Å²) in [5, 5.41) is 0. The van der Waals surface area contributed by atoms with Gasteiger partial charge in [0.1, 0.15) is 6.61 Å². The number of carbonyl (C=O) groups is 1. The van der Waals surface area contributed by atoms with Crippen molar-refractivity contribution in [3.63, 3.8) is 0 Å². The molecule has 0 aromatic heterocycles. The summed E-state index contributed by atoms with van der Waals surface area (Å²) in [6.07, 6.45) is 0.875. The van der Waals surface area contributed by atoms with Gasteiger partial charge in [0.15, 0.2) is 0 Å². The molecule has 0 saturated carbocycles. The first-order valence-corrected chi connectivity index (χ1v) is 7.35. The number of likely N-dealkylation sites (N-methyl/N-ethyl adjacent to an activating group) is 1. The first-order chi connectivity index (χ1) is 8.78. The standard InChI is InChI=1S/C15H30N2O2/c1-13(12-15(2,3)4)14(18)19-11-10-17-8-6-16(5)7-9-17/h13H,6-12H2,1-5H3/t13-/m1/s1. The predicted octanol–water partition coefficient (Wildman–Crippen LogP) is 1.85. The van der Waals surface area contributed by atoms with Crippen molar-refractivity contribution in [2.75, 3.05) is 46.4 Å². The first kappa shape index (κ1) is 16.4. The van der Waals surface area contributed by atoms with E-state index in [2.05, 4.69) is 37.6 Å². The van der Waals surface area contributed by atoms with E-state index in [1.54, 1.807) is 0 Å². The van der Waals surface area contributed by atoms with Crippen LogP contribution in [0.4, 0.5) is 0 Å². The summed E-state index contributed by atoms with van der Waals surface area (Å²) in [4.78, 5) is 16.6. The molecule has 0 bridgehead atoms. The molecule has 112 valence electrons. The highest BCUT2D eigenvalue weighted by Crippen LogP contribution is 2.24. The van der Waals surface area contributed by atoms with Crippen LogP contribution in [-0.2, 0) is 9.53 Å². The Balaban J connectivity index is 2.16. The number of piperazine rings is 1. The number of hydrogen-bond donors (Lipinski definition) is 0. The van der Waals surface area contributed by atoms with Gasteiger partial charge >= 0.3 is 5.97 Å². The topological polar surface area (TPSA) is 32.8 Å². The summed E-state index contributed by atoms with van der Waals surface area (Å²) in [6, 6.07) is 0. The van der Waals surface area contributed by atoms with Crippen LogP contribution < -0.4 is 0 Å². The summed E-state index contributed by atoms with van der Waals surface area (Å²) >= 11 is 0. The van der Waals surface area contributed by atoms with Crippen molar-refractivity contribution in [1.82, 2.24) is 9.80 Å². The van der Waals surface area contributed by atoms with Gasteiger partial charge in [-0.1, -0.05) is 27.7 Å². The van der Waals surface area contributed by atoms with Crippen molar-refractivity contribution in [2.24, 2.45) is 11.3 Å². The number of carbonyl (C=O) groups excluding carboxylic acids is 1. The van der Waals surface area contributed by atoms with Gasteiger partial charge in [0.05, 0.1) is 5.92 Å². The Hall–Kier alpha value is -0.610. The Morgan fingerprint density at radius 3 is 2.32 bits per heavy atom. The molecule has 1 fully saturated rings. The number of hydrogen-bond acceptors (Lipinski definition) is 4. The summed E-state index contributed by atoms with van der Waals surface area (Å²) in [5.41, 5.74) is 0.176. The molecule has 0 aromatic rings. The Morgan fingerprint density at radius 1 is 1.21 bits per heavy atom. The molecule has 1 aliphatic rings. The lowest BCUT2D eigenvalue weighted by Gasteiger charge is -2.32. The Bertz CT molecular complexity index is 278. The van der Waals surface area contributed by atoms with Crippen LogP contribution in [0.25, 0.3) is 0 Å². The summed E-state index contributed by atoms with van der Waals surface area (Å²) in [7, 11) is 2.14. The smallest absolute Gasteiger partial charge is 0.308 e. The molecule has 19 heavy (non-hydrogen) atoms. The molecule has 0 amide bonds. The van der Waals surface area contributed by atoms with Gasteiger partial charge in [0.2, 0.25) is 0 Å². The zero-order chi connectivity index (χ0) is 14.5. The fourth-order valence-corrected chi connectivity index (χ4v) is 2.49. The fraction of sp³-hybridized carbons (Fsp3) is 0.933. The van der Waals surface area contributed by atoms with Crippen molar-refractivity contribution >= 4 is 5.97 Å². The number of rotatable bonds is 5. The number of esters is 1. The monoisotopic (exact) mass is 270 g/mol. The minimum atomic E-state index is -0.0518. The predicted molar refractivity (Wildman–Crippen MR) is 78.1 cm³/mol. The van der Waals surface area contributed by atoms with Crippen LogP contribution in [0.15, 0.2) is 0 Å². The van der Waals surface area contributed by atoms with Gasteiger partial charge in [0, 0.05) is 32.7 Å². The fourth-order valence-electron chi connectivity index (χ4n) is 2.49. The van der Waals surface area contributed by atoms with E-state index in [1.807, 2.05) is 6.92 Å². The minimum absolute atomic E-state index is 0.00695. The highest BCUT2D eigenvalue weighted by Gasteiger charge is 2.22. The van der Waals surface area contributed by atoms with Gasteiger partial charge in [-0.3, -0.25) is 9.69 Å². The van der Waals surface area contributed by atoms with Gasteiger partial charge < -0.3 is 9.64 Å². The Morgan fingerprint density at radius 2 is 1.79 bits per heavy atom. The maximum atomic E-state index is 11.9. The Labute approximate surface area is 118 Å². The van der Waals surface area contributed by atoms with Crippen LogP contribution in [0.5, 0.6) is 0 Å². The summed E-state index contributed by atoms with van der Waals surface area (Å²) in [6.45, 7) is 14.2. The maximum absolute atomic E-state index is 11.9. The second-order valence-electron chi connectivity index (χ2n) is 6.98. The first-order valence-electron chi connectivity index (χ1n) is 7.35. The lowest BCUT2D eigenvalue weighted by molar-refractivity contribution is -0.149. The van der Waals surface area contributed by atoms with Crippen LogP contribution in [0, 0.1) is 11.3 Å². The molecule has 1 aliphatic heterocycles. The van der Waals surface area contributed by atoms with E-state index in [0.717, 1.165) is 39.1 Å². The zero-order valence-electron chi connectivity index (χ0n) is 13.2. The van der Waals surface area contributed by atoms with Crippen LogP contribution in [0.2, 0.25) is 0 Å². The molecular weight excluding hydrogens is 240 g/mol. The molecule has 4 nitrogen and oxygen atoms in total. The lowest BCUT2D eigenvalue weighted by Crippen LogP contribution is -2.45. The third-order valence-electron chi connectivity index (χ3n) is 3.57. The van der Waals surface area contributed by atoms with Crippen LogP contribution >= 0.6 is 0 Å². The molecule has 1 rings (SSSR count). The van der Waals surface area contributed by atoms with Crippen LogP contribution in [-0.4, -0.2) is 62.1 Å². The lowest BCUT2D eigenvalue weighted by atomic mass is 9.85. The molecule has 1 atom stereocenters. The van der Waals surface area contributed by atoms with Gasteiger partial charge in [0.25, 0.3) is 0 Å². The van der Waals surface area contributed by atoms with E-state index in [4.69, 9.17) is 4.74 Å². The third kappa shape index (κ3) is 6.92. The van der Waals surface area contributed by atoms with Gasteiger partial charge in [-0.05, 0) is 18.9 Å². The molecule has 0 spiro atoms. The van der Waals surface area contributed by atoms with E-state index in [0.29, 0.717) is 6.61 Å². The molecule has 0 unspecified atom stereocenters. The van der Waals surface area contributed by atoms with E-state index < -0.39 is 0 Å². The second kappa shape index (κ2) is 7.25. The molecule has 0 N–H and O–H groups in total. The molecule has 4 heteroatoms. The van der Waals surface area contributed by atoms with Crippen molar-refractivity contribution < 1.29 is 9.53 Å². The maximum Gasteiger partial charge on any atom is 0.308 e. The van der Waals surface area contributed by atoms with Crippen molar-refractivity contribution in [3.8, 4) is 0 Å². The van der Waals surface area contributed by atoms with Gasteiger partial charge in [-0.2, -0.15) is 0 Å².